The van der Waals surface area contributed by atoms with Gasteiger partial charge in [-0.3, -0.25) is 4.40 Å². The van der Waals surface area contributed by atoms with Crippen molar-refractivity contribution >= 4 is 5.78 Å². The number of halogens is 1. The molecule has 0 aliphatic carbocycles. The monoisotopic (exact) mass is 303 g/mol. The van der Waals surface area contributed by atoms with Gasteiger partial charge in [0.1, 0.15) is 5.82 Å². The second-order valence-electron chi connectivity index (χ2n) is 5.44. The van der Waals surface area contributed by atoms with Crippen molar-refractivity contribution in [3.8, 4) is 22.4 Å². The van der Waals surface area contributed by atoms with Crippen molar-refractivity contribution in [2.75, 3.05) is 0 Å². The van der Waals surface area contributed by atoms with Gasteiger partial charge in [0.15, 0.2) is 0 Å². The fourth-order valence-electron chi connectivity index (χ4n) is 2.71. The predicted molar refractivity (Wildman–Crippen MR) is 88.6 cm³/mol. The fraction of sp³-hybridized carbons (Fsp3) is 0.0526. The van der Waals surface area contributed by atoms with Gasteiger partial charge in [-0.1, -0.05) is 36.4 Å². The average molecular weight is 303 g/mol. The molecule has 2 aromatic heterocycles. The van der Waals surface area contributed by atoms with Crippen molar-refractivity contribution in [1.29, 1.82) is 0 Å². The van der Waals surface area contributed by atoms with Crippen LogP contribution < -0.4 is 0 Å². The molecule has 0 spiro atoms. The van der Waals surface area contributed by atoms with Gasteiger partial charge in [0.25, 0.3) is 0 Å². The molecule has 4 heteroatoms. The smallest absolute Gasteiger partial charge is 0.234 e. The van der Waals surface area contributed by atoms with E-state index in [1.165, 1.54) is 6.07 Å². The second kappa shape index (κ2) is 5.32. The van der Waals surface area contributed by atoms with Crippen LogP contribution >= 0.6 is 0 Å². The summed E-state index contributed by atoms with van der Waals surface area (Å²) in [7, 11) is 0. The third-order valence-electron chi connectivity index (χ3n) is 3.86. The Morgan fingerprint density at radius 3 is 2.65 bits per heavy atom. The Morgan fingerprint density at radius 1 is 0.957 bits per heavy atom. The first-order chi connectivity index (χ1) is 11.2. The summed E-state index contributed by atoms with van der Waals surface area (Å²) in [5.41, 5.74) is 4.28. The van der Waals surface area contributed by atoms with Crippen LogP contribution in [0, 0.1) is 12.7 Å². The standard InChI is InChI=1S/C19H14FN3/c1-13-9-10-23-18(12-21-19(23)22-13)15-6-4-5-14(11-15)16-7-2-3-8-17(16)20/h2-12H,1H3. The van der Waals surface area contributed by atoms with E-state index in [1.807, 2.05) is 53.9 Å². The third-order valence-corrected chi connectivity index (χ3v) is 3.86. The lowest BCUT2D eigenvalue weighted by Gasteiger charge is -2.07. The molecule has 4 rings (SSSR count). The fourth-order valence-corrected chi connectivity index (χ4v) is 2.71. The van der Waals surface area contributed by atoms with Crippen molar-refractivity contribution in [3.63, 3.8) is 0 Å². The highest BCUT2D eigenvalue weighted by Gasteiger charge is 2.09. The van der Waals surface area contributed by atoms with Crippen molar-refractivity contribution in [1.82, 2.24) is 14.4 Å². The van der Waals surface area contributed by atoms with Gasteiger partial charge in [0.2, 0.25) is 5.78 Å². The van der Waals surface area contributed by atoms with Crippen molar-refractivity contribution < 1.29 is 4.39 Å². The summed E-state index contributed by atoms with van der Waals surface area (Å²) in [5.74, 6) is 0.441. The van der Waals surface area contributed by atoms with Gasteiger partial charge in [0.05, 0.1) is 11.9 Å². The number of aryl methyl sites for hydroxylation is 1. The number of fused-ring (bicyclic) bond motifs is 1. The molecule has 0 fully saturated rings. The van der Waals surface area contributed by atoms with Crippen LogP contribution in [0.15, 0.2) is 67.0 Å². The molecule has 112 valence electrons. The number of rotatable bonds is 2. The quantitative estimate of drug-likeness (QED) is 0.545. The van der Waals surface area contributed by atoms with Crippen LogP contribution in [0.2, 0.25) is 0 Å². The molecule has 2 heterocycles. The maximum atomic E-state index is 14.0. The Hall–Kier alpha value is -3.01. The first-order valence-corrected chi connectivity index (χ1v) is 7.38. The Labute approximate surface area is 133 Å². The summed E-state index contributed by atoms with van der Waals surface area (Å²) >= 11 is 0. The number of aromatic nitrogens is 3. The van der Waals surface area contributed by atoms with E-state index in [-0.39, 0.29) is 5.82 Å². The van der Waals surface area contributed by atoms with Crippen LogP contribution in [-0.2, 0) is 0 Å². The lowest BCUT2D eigenvalue weighted by atomic mass is 10.0. The van der Waals surface area contributed by atoms with Gasteiger partial charge in [-0.25, -0.2) is 14.4 Å². The lowest BCUT2D eigenvalue weighted by Crippen LogP contribution is -1.92. The van der Waals surface area contributed by atoms with Gasteiger partial charge < -0.3 is 0 Å². The van der Waals surface area contributed by atoms with Crippen molar-refractivity contribution in [3.05, 3.63) is 78.5 Å². The lowest BCUT2D eigenvalue weighted by molar-refractivity contribution is 0.631. The predicted octanol–water partition coefficient (Wildman–Crippen LogP) is 4.51. The zero-order valence-corrected chi connectivity index (χ0v) is 12.6. The SMILES string of the molecule is Cc1ccn2c(-c3cccc(-c4ccccc4F)c3)cnc2n1. The van der Waals surface area contributed by atoms with E-state index in [1.54, 1.807) is 18.3 Å². The molecule has 2 aromatic carbocycles. The molecule has 0 bridgehead atoms. The van der Waals surface area contributed by atoms with Gasteiger partial charge in [-0.2, -0.15) is 0 Å². The summed E-state index contributed by atoms with van der Waals surface area (Å²) in [6.07, 6.45) is 3.75. The van der Waals surface area contributed by atoms with Gasteiger partial charge in [-0.05, 0) is 30.7 Å². The zero-order valence-electron chi connectivity index (χ0n) is 12.6. The van der Waals surface area contributed by atoms with E-state index >= 15 is 0 Å². The van der Waals surface area contributed by atoms with E-state index in [4.69, 9.17) is 0 Å². The molecule has 0 aliphatic rings. The number of benzene rings is 2. The molecule has 3 nitrogen and oxygen atoms in total. The Morgan fingerprint density at radius 2 is 1.78 bits per heavy atom. The summed E-state index contributed by atoms with van der Waals surface area (Å²) < 4.78 is 16.0. The van der Waals surface area contributed by atoms with Crippen LogP contribution in [-0.4, -0.2) is 14.4 Å². The molecule has 0 atom stereocenters. The highest BCUT2D eigenvalue weighted by molar-refractivity contribution is 5.72. The summed E-state index contributed by atoms with van der Waals surface area (Å²) in [4.78, 5) is 8.76. The Bertz CT molecular complexity index is 1000. The van der Waals surface area contributed by atoms with E-state index in [9.17, 15) is 4.39 Å². The molecule has 0 unspecified atom stereocenters. The molecule has 4 aromatic rings. The molecule has 0 amide bonds. The van der Waals surface area contributed by atoms with E-state index < -0.39 is 0 Å². The van der Waals surface area contributed by atoms with Crippen molar-refractivity contribution in [2.24, 2.45) is 0 Å². The van der Waals surface area contributed by atoms with Gasteiger partial charge >= 0.3 is 0 Å². The average Bonchev–Trinajstić information content (AvgIpc) is 2.98. The first kappa shape index (κ1) is 13.6. The van der Waals surface area contributed by atoms with E-state index in [0.29, 0.717) is 11.3 Å². The first-order valence-electron chi connectivity index (χ1n) is 7.38. The summed E-state index contributed by atoms with van der Waals surface area (Å²) in [5, 5.41) is 0. The Balaban J connectivity index is 1.86. The molecular formula is C19H14FN3. The van der Waals surface area contributed by atoms with Gasteiger partial charge in [0, 0.05) is 23.0 Å². The number of nitrogens with zero attached hydrogens (tertiary/aromatic N) is 3. The normalized spacial score (nSPS) is 11.0. The topological polar surface area (TPSA) is 30.2 Å². The van der Waals surface area contributed by atoms with Crippen LogP contribution in [0.5, 0.6) is 0 Å². The summed E-state index contributed by atoms with van der Waals surface area (Å²) in [6.45, 7) is 1.94. The minimum absolute atomic E-state index is 0.222. The van der Waals surface area contributed by atoms with Crippen LogP contribution in [0.3, 0.4) is 0 Å². The maximum absolute atomic E-state index is 14.0. The third kappa shape index (κ3) is 2.38. The molecular weight excluding hydrogens is 289 g/mol. The van der Waals surface area contributed by atoms with E-state index in [2.05, 4.69) is 9.97 Å². The van der Waals surface area contributed by atoms with Gasteiger partial charge in [-0.15, -0.1) is 0 Å². The second-order valence-corrected chi connectivity index (χ2v) is 5.44. The van der Waals surface area contributed by atoms with Crippen LogP contribution in [0.25, 0.3) is 28.2 Å². The highest BCUT2D eigenvalue weighted by atomic mass is 19.1. The number of imidazole rings is 1. The molecule has 0 saturated carbocycles. The zero-order chi connectivity index (χ0) is 15.8. The van der Waals surface area contributed by atoms with Crippen LogP contribution in [0.4, 0.5) is 4.39 Å². The number of hydrogen-bond acceptors (Lipinski definition) is 2. The number of hydrogen-bond donors (Lipinski definition) is 0. The largest absolute Gasteiger partial charge is 0.284 e. The highest BCUT2D eigenvalue weighted by Crippen LogP contribution is 2.28. The van der Waals surface area contributed by atoms with E-state index in [0.717, 1.165) is 22.5 Å². The van der Waals surface area contributed by atoms with Crippen LogP contribution in [0.1, 0.15) is 5.69 Å². The molecule has 0 N–H and O–H groups in total. The molecule has 23 heavy (non-hydrogen) atoms. The van der Waals surface area contributed by atoms with Crippen molar-refractivity contribution in [2.45, 2.75) is 6.92 Å². The molecule has 0 saturated heterocycles. The summed E-state index contributed by atoms with van der Waals surface area (Å²) in [6, 6.07) is 16.5. The molecule has 0 aliphatic heterocycles. The minimum Gasteiger partial charge on any atom is -0.284 e. The Kier molecular flexibility index (Phi) is 3.15. The maximum Gasteiger partial charge on any atom is 0.234 e. The molecule has 0 radical (unpaired) electrons. The minimum atomic E-state index is -0.222.